The van der Waals surface area contributed by atoms with Crippen molar-refractivity contribution in [1.29, 1.82) is 0 Å². The van der Waals surface area contributed by atoms with Gasteiger partial charge in [-0.1, -0.05) is 0 Å². The monoisotopic (exact) mass is 286 g/mol. The number of H-pyrrole nitrogens is 1. The third-order valence-corrected chi connectivity index (χ3v) is 4.35. The van der Waals surface area contributed by atoms with Crippen LogP contribution in [0.5, 0.6) is 0 Å². The molecule has 0 aliphatic carbocycles. The molecule has 2 rings (SSSR count). The first-order chi connectivity index (χ1) is 8.97. The fourth-order valence-corrected chi connectivity index (χ4v) is 3.34. The summed E-state index contributed by atoms with van der Waals surface area (Å²) in [6.45, 7) is 1.41. The Bertz CT molecular complexity index is 581. The minimum atomic E-state index is -0.659. The van der Waals surface area contributed by atoms with Gasteiger partial charge in [-0.3, -0.25) is 19.1 Å². The van der Waals surface area contributed by atoms with Crippen LogP contribution in [0.1, 0.15) is 18.7 Å². The summed E-state index contributed by atoms with van der Waals surface area (Å²) < 4.78 is 6.23. The van der Waals surface area contributed by atoms with E-state index in [0.717, 1.165) is 0 Å². The molecule has 1 saturated heterocycles. The number of thioether (sulfide) groups is 1. The zero-order valence-electron chi connectivity index (χ0n) is 10.2. The summed E-state index contributed by atoms with van der Waals surface area (Å²) in [6.07, 6.45) is 1.11. The number of carbonyl (C=O) groups is 1. The molecule has 7 nitrogen and oxygen atoms in total. The van der Waals surface area contributed by atoms with Crippen LogP contribution in [0, 0.1) is 0 Å². The van der Waals surface area contributed by atoms with Gasteiger partial charge in [-0.25, -0.2) is 4.79 Å². The lowest BCUT2D eigenvalue weighted by atomic mass is 10.2. The fourth-order valence-electron chi connectivity index (χ4n) is 1.89. The first-order valence-corrected chi connectivity index (χ1v) is 6.70. The molecule has 1 fully saturated rings. The van der Waals surface area contributed by atoms with E-state index in [4.69, 9.17) is 4.74 Å². The minimum Gasteiger partial charge on any atom is -0.465 e. The molecule has 104 valence electrons. The molecule has 2 N–H and O–H groups in total. The van der Waals surface area contributed by atoms with E-state index in [1.807, 2.05) is 0 Å². The van der Waals surface area contributed by atoms with Gasteiger partial charge in [0, 0.05) is 25.6 Å². The molecular formula is C11H14N2O5S. The molecular weight excluding hydrogens is 272 g/mol. The number of nitrogens with zero attached hydrogens (tertiary/aromatic N) is 1. The van der Waals surface area contributed by atoms with Crippen molar-refractivity contribution in [2.75, 3.05) is 6.61 Å². The summed E-state index contributed by atoms with van der Waals surface area (Å²) in [5.74, 6) is -0.405. The summed E-state index contributed by atoms with van der Waals surface area (Å²) >= 11 is 1.35. The smallest absolute Gasteiger partial charge is 0.329 e. The lowest BCUT2D eigenvalue weighted by Crippen LogP contribution is -2.30. The van der Waals surface area contributed by atoms with Crippen LogP contribution < -0.4 is 11.2 Å². The third-order valence-electron chi connectivity index (χ3n) is 2.82. The van der Waals surface area contributed by atoms with E-state index in [9.17, 15) is 19.5 Å². The van der Waals surface area contributed by atoms with Crippen molar-refractivity contribution in [3.63, 3.8) is 0 Å². The van der Waals surface area contributed by atoms with Gasteiger partial charge in [0.2, 0.25) is 0 Å². The van der Waals surface area contributed by atoms with E-state index in [2.05, 4.69) is 4.98 Å². The van der Waals surface area contributed by atoms with Crippen LogP contribution in [0.3, 0.4) is 0 Å². The zero-order chi connectivity index (χ0) is 14.0. The second kappa shape index (κ2) is 5.62. The van der Waals surface area contributed by atoms with E-state index in [1.165, 1.54) is 35.5 Å². The van der Waals surface area contributed by atoms with Crippen LogP contribution in [-0.4, -0.2) is 38.6 Å². The topological polar surface area (TPSA) is 101 Å². The highest BCUT2D eigenvalue weighted by molar-refractivity contribution is 8.00. The Morgan fingerprint density at radius 1 is 1.63 bits per heavy atom. The first kappa shape index (κ1) is 13.9. The van der Waals surface area contributed by atoms with Gasteiger partial charge in [-0.2, -0.15) is 0 Å². The molecule has 19 heavy (non-hydrogen) atoms. The highest BCUT2D eigenvalue weighted by Crippen LogP contribution is 2.40. The van der Waals surface area contributed by atoms with E-state index in [1.54, 1.807) is 0 Å². The van der Waals surface area contributed by atoms with Crippen molar-refractivity contribution < 1.29 is 14.6 Å². The summed E-state index contributed by atoms with van der Waals surface area (Å²) in [7, 11) is 0. The van der Waals surface area contributed by atoms with E-state index in [0.29, 0.717) is 6.42 Å². The molecule has 0 radical (unpaired) electrons. The Kier molecular flexibility index (Phi) is 4.11. The highest BCUT2D eigenvalue weighted by Gasteiger charge is 2.35. The number of aliphatic hydroxyl groups excluding tert-OH is 1. The molecule has 1 aromatic heterocycles. The summed E-state index contributed by atoms with van der Waals surface area (Å²) in [5.41, 5.74) is -0.966. The molecule has 2 heterocycles. The largest absolute Gasteiger partial charge is 0.465 e. The molecule has 0 unspecified atom stereocenters. The lowest BCUT2D eigenvalue weighted by Gasteiger charge is -2.13. The lowest BCUT2D eigenvalue weighted by molar-refractivity contribution is -0.141. The normalized spacial score (nSPS) is 26.3. The van der Waals surface area contributed by atoms with Crippen molar-refractivity contribution in [3.05, 3.63) is 33.1 Å². The molecule has 1 aliphatic rings. The van der Waals surface area contributed by atoms with Gasteiger partial charge in [0.15, 0.2) is 0 Å². The Morgan fingerprint density at radius 2 is 2.37 bits per heavy atom. The molecule has 3 atom stereocenters. The number of hydrogen-bond acceptors (Lipinski definition) is 6. The minimum absolute atomic E-state index is 0.107. The maximum Gasteiger partial charge on any atom is 0.329 e. The third kappa shape index (κ3) is 3.27. The van der Waals surface area contributed by atoms with Crippen LogP contribution in [0.15, 0.2) is 21.9 Å². The molecule has 0 aromatic carbocycles. The van der Waals surface area contributed by atoms with Crippen LogP contribution in [0.25, 0.3) is 0 Å². The van der Waals surface area contributed by atoms with E-state index in [-0.39, 0.29) is 17.2 Å². The number of rotatable bonds is 3. The Morgan fingerprint density at radius 3 is 3.00 bits per heavy atom. The number of esters is 1. The van der Waals surface area contributed by atoms with Crippen molar-refractivity contribution in [2.24, 2.45) is 0 Å². The number of ether oxygens (including phenoxy) is 1. The predicted octanol–water partition coefficient (Wildman–Crippen LogP) is -0.535. The van der Waals surface area contributed by atoms with Crippen molar-refractivity contribution in [3.8, 4) is 0 Å². The number of aromatic amines is 1. The second-order valence-electron chi connectivity index (χ2n) is 4.25. The SMILES string of the molecule is CC(=O)OC[C@H]1S[C@@H](n2ccc(=O)[nH]c2=O)C[C@@H]1O. The summed E-state index contributed by atoms with van der Waals surface area (Å²) in [6, 6.07) is 1.26. The molecule has 0 amide bonds. The van der Waals surface area contributed by atoms with Crippen molar-refractivity contribution in [1.82, 2.24) is 9.55 Å². The van der Waals surface area contributed by atoms with Gasteiger partial charge in [0.25, 0.3) is 5.56 Å². The summed E-state index contributed by atoms with van der Waals surface area (Å²) in [5, 5.41) is 9.33. The van der Waals surface area contributed by atoms with Crippen LogP contribution in [0.4, 0.5) is 0 Å². The molecule has 0 bridgehead atoms. The van der Waals surface area contributed by atoms with Gasteiger partial charge in [-0.15, -0.1) is 11.8 Å². The Balaban J connectivity index is 2.09. The number of aliphatic hydroxyl groups is 1. The molecule has 0 saturated carbocycles. The van der Waals surface area contributed by atoms with Gasteiger partial charge in [0.05, 0.1) is 16.7 Å². The van der Waals surface area contributed by atoms with E-state index >= 15 is 0 Å². The molecule has 8 heteroatoms. The first-order valence-electron chi connectivity index (χ1n) is 5.75. The van der Waals surface area contributed by atoms with Gasteiger partial charge in [-0.05, 0) is 0 Å². The molecule has 0 spiro atoms. The van der Waals surface area contributed by atoms with Crippen molar-refractivity contribution in [2.45, 2.75) is 30.1 Å². The maximum atomic E-state index is 11.6. The number of aromatic nitrogens is 2. The second-order valence-corrected chi connectivity index (χ2v) is 5.67. The van der Waals surface area contributed by atoms with Crippen LogP contribution in [-0.2, 0) is 9.53 Å². The van der Waals surface area contributed by atoms with Crippen LogP contribution >= 0.6 is 11.8 Å². The van der Waals surface area contributed by atoms with Gasteiger partial charge < -0.3 is 9.84 Å². The Labute approximate surface area is 112 Å². The number of nitrogens with one attached hydrogen (secondary N) is 1. The van der Waals surface area contributed by atoms with Gasteiger partial charge in [0.1, 0.15) is 6.61 Å². The molecule has 1 aliphatic heterocycles. The van der Waals surface area contributed by atoms with Crippen LogP contribution in [0.2, 0.25) is 0 Å². The van der Waals surface area contributed by atoms with Gasteiger partial charge >= 0.3 is 11.7 Å². The van der Waals surface area contributed by atoms with Crippen molar-refractivity contribution >= 4 is 17.7 Å². The summed E-state index contributed by atoms with van der Waals surface area (Å²) in [4.78, 5) is 35.5. The number of hydrogen-bond donors (Lipinski definition) is 2. The quantitative estimate of drug-likeness (QED) is 0.724. The standard InChI is InChI=1S/C11H14N2O5S/c1-6(14)18-5-8-7(15)4-10(19-8)13-3-2-9(16)12-11(13)17/h2-3,7-8,10,15H,4-5H2,1H3,(H,12,16,17)/t7-,8+,10+/m0/s1. The highest BCUT2D eigenvalue weighted by atomic mass is 32.2. The average Bonchev–Trinajstić information content (AvgIpc) is 2.67. The predicted molar refractivity (Wildman–Crippen MR) is 69.0 cm³/mol. The zero-order valence-corrected chi connectivity index (χ0v) is 11.1. The average molecular weight is 286 g/mol. The van der Waals surface area contributed by atoms with E-state index < -0.39 is 23.3 Å². The number of carbonyl (C=O) groups excluding carboxylic acids is 1. The Hall–Kier alpha value is -1.54. The maximum absolute atomic E-state index is 11.6. The fraction of sp³-hybridized carbons (Fsp3) is 0.545. The molecule has 1 aromatic rings.